The number of ether oxygens (including phenoxy) is 1. The first-order chi connectivity index (χ1) is 10.2. The standard InChI is InChI=1S/C13H16BrFN2O4S/c1-17(2)22(19,20)16-13(18)9-6-11(15)10(14)7-12(9)21-8-4-3-5-8/h6-8H,3-5H2,1-2H3,(H,16,18). The lowest BCUT2D eigenvalue weighted by atomic mass is 9.96. The Bertz CT molecular complexity index is 690. The van der Waals surface area contributed by atoms with Crippen LogP contribution in [-0.4, -0.2) is 38.8 Å². The Labute approximate surface area is 136 Å². The Morgan fingerprint density at radius 3 is 2.55 bits per heavy atom. The molecular formula is C13H16BrFN2O4S. The minimum atomic E-state index is -3.96. The highest BCUT2D eigenvalue weighted by atomic mass is 79.9. The molecule has 22 heavy (non-hydrogen) atoms. The van der Waals surface area contributed by atoms with Crippen molar-refractivity contribution in [2.24, 2.45) is 0 Å². The van der Waals surface area contributed by atoms with Crippen LogP contribution in [0.15, 0.2) is 16.6 Å². The topological polar surface area (TPSA) is 75.7 Å². The van der Waals surface area contributed by atoms with Crippen LogP contribution in [0.25, 0.3) is 0 Å². The van der Waals surface area contributed by atoms with Crippen LogP contribution in [0.4, 0.5) is 4.39 Å². The molecule has 0 saturated heterocycles. The molecule has 0 atom stereocenters. The fourth-order valence-electron chi connectivity index (χ4n) is 1.74. The van der Waals surface area contributed by atoms with E-state index in [0.29, 0.717) is 0 Å². The summed E-state index contributed by atoms with van der Waals surface area (Å²) in [5.74, 6) is -1.45. The molecule has 1 N–H and O–H groups in total. The molecule has 122 valence electrons. The van der Waals surface area contributed by atoms with E-state index in [0.717, 1.165) is 29.6 Å². The lowest BCUT2D eigenvalue weighted by Crippen LogP contribution is -2.39. The van der Waals surface area contributed by atoms with Gasteiger partial charge in [-0.15, -0.1) is 0 Å². The third-order valence-corrected chi connectivity index (χ3v) is 5.33. The highest BCUT2D eigenvalue weighted by Gasteiger charge is 2.26. The van der Waals surface area contributed by atoms with Crippen LogP contribution in [-0.2, 0) is 10.2 Å². The molecule has 2 rings (SSSR count). The minimum absolute atomic E-state index is 0.0330. The summed E-state index contributed by atoms with van der Waals surface area (Å²) < 4.78 is 45.6. The van der Waals surface area contributed by atoms with Crippen molar-refractivity contribution < 1.29 is 22.3 Å². The monoisotopic (exact) mass is 394 g/mol. The molecule has 0 radical (unpaired) electrons. The first kappa shape index (κ1) is 17.2. The summed E-state index contributed by atoms with van der Waals surface area (Å²) in [5.41, 5.74) is -0.155. The Hall–Kier alpha value is -1.19. The van der Waals surface area contributed by atoms with Crippen molar-refractivity contribution in [1.29, 1.82) is 0 Å². The van der Waals surface area contributed by atoms with Crippen LogP contribution in [0.1, 0.15) is 29.6 Å². The molecule has 0 heterocycles. The normalized spacial score (nSPS) is 15.5. The van der Waals surface area contributed by atoms with Gasteiger partial charge in [-0.05, 0) is 47.3 Å². The largest absolute Gasteiger partial charge is 0.490 e. The lowest BCUT2D eigenvalue weighted by molar-refractivity contribution is 0.0951. The number of hydrogen-bond acceptors (Lipinski definition) is 4. The molecule has 0 aromatic heterocycles. The summed E-state index contributed by atoms with van der Waals surface area (Å²) in [6.45, 7) is 0. The van der Waals surface area contributed by atoms with E-state index in [4.69, 9.17) is 4.74 Å². The lowest BCUT2D eigenvalue weighted by Gasteiger charge is -2.27. The van der Waals surface area contributed by atoms with Crippen LogP contribution in [0.3, 0.4) is 0 Å². The van der Waals surface area contributed by atoms with Crippen molar-refractivity contribution in [3.05, 3.63) is 28.0 Å². The maximum Gasteiger partial charge on any atom is 0.303 e. The van der Waals surface area contributed by atoms with Gasteiger partial charge >= 0.3 is 10.2 Å². The molecule has 1 saturated carbocycles. The molecular weight excluding hydrogens is 379 g/mol. The van der Waals surface area contributed by atoms with Gasteiger partial charge < -0.3 is 4.74 Å². The Kier molecular flexibility index (Phi) is 5.08. The molecule has 1 amide bonds. The maximum absolute atomic E-state index is 13.7. The number of nitrogens with one attached hydrogen (secondary N) is 1. The maximum atomic E-state index is 13.7. The predicted octanol–water partition coefficient (Wildman–Crippen LogP) is 2.06. The summed E-state index contributed by atoms with van der Waals surface area (Å²) in [6.07, 6.45) is 2.70. The predicted molar refractivity (Wildman–Crippen MR) is 82.4 cm³/mol. The van der Waals surface area contributed by atoms with Crippen LogP contribution >= 0.6 is 15.9 Å². The fourth-order valence-corrected chi connectivity index (χ4v) is 2.58. The highest BCUT2D eigenvalue weighted by molar-refractivity contribution is 9.10. The number of halogens is 2. The molecule has 1 aromatic rings. The summed E-state index contributed by atoms with van der Waals surface area (Å²) in [5, 5.41) is 0. The second-order valence-corrected chi connectivity index (χ2v) is 7.89. The van der Waals surface area contributed by atoms with Crippen molar-refractivity contribution in [2.75, 3.05) is 14.1 Å². The zero-order valence-corrected chi connectivity index (χ0v) is 14.5. The number of carbonyl (C=O) groups excluding carboxylic acids is 1. The smallest absolute Gasteiger partial charge is 0.303 e. The molecule has 9 heteroatoms. The van der Waals surface area contributed by atoms with Crippen LogP contribution in [0.2, 0.25) is 0 Å². The zero-order chi connectivity index (χ0) is 16.5. The van der Waals surface area contributed by atoms with E-state index >= 15 is 0 Å². The molecule has 6 nitrogen and oxygen atoms in total. The van der Waals surface area contributed by atoms with Gasteiger partial charge in [0, 0.05) is 14.1 Å². The zero-order valence-electron chi connectivity index (χ0n) is 12.1. The molecule has 1 aliphatic rings. The van der Waals surface area contributed by atoms with E-state index in [-0.39, 0.29) is 21.9 Å². The SMILES string of the molecule is CN(C)S(=O)(=O)NC(=O)c1cc(F)c(Br)cc1OC1CCC1. The van der Waals surface area contributed by atoms with Crippen molar-refractivity contribution in [3.8, 4) is 5.75 Å². The van der Waals surface area contributed by atoms with E-state index in [1.807, 2.05) is 4.72 Å². The summed E-state index contributed by atoms with van der Waals surface area (Å²) >= 11 is 3.03. The van der Waals surface area contributed by atoms with Crippen molar-refractivity contribution in [1.82, 2.24) is 9.03 Å². The first-order valence-corrected chi connectivity index (χ1v) is 8.84. The van der Waals surface area contributed by atoms with Crippen molar-refractivity contribution >= 4 is 32.0 Å². The third-order valence-electron chi connectivity index (χ3n) is 3.32. The van der Waals surface area contributed by atoms with Gasteiger partial charge in [-0.25, -0.2) is 9.11 Å². The van der Waals surface area contributed by atoms with Crippen LogP contribution < -0.4 is 9.46 Å². The van der Waals surface area contributed by atoms with Gasteiger partial charge in [0.2, 0.25) is 0 Å². The van der Waals surface area contributed by atoms with Gasteiger partial charge in [-0.2, -0.15) is 12.7 Å². The van der Waals surface area contributed by atoms with Gasteiger partial charge in [0.05, 0.1) is 16.1 Å². The number of hydrogen-bond donors (Lipinski definition) is 1. The van der Waals surface area contributed by atoms with Crippen LogP contribution in [0.5, 0.6) is 5.75 Å². The molecule has 1 aromatic carbocycles. The second-order valence-electron chi connectivity index (χ2n) is 5.15. The van der Waals surface area contributed by atoms with E-state index in [9.17, 15) is 17.6 Å². The molecule has 0 aliphatic heterocycles. The minimum Gasteiger partial charge on any atom is -0.490 e. The summed E-state index contributed by atoms with van der Waals surface area (Å²) in [7, 11) is -1.40. The Morgan fingerprint density at radius 2 is 2.05 bits per heavy atom. The van der Waals surface area contributed by atoms with Gasteiger partial charge in [0.1, 0.15) is 11.6 Å². The number of amides is 1. The van der Waals surface area contributed by atoms with E-state index in [2.05, 4.69) is 15.9 Å². The number of carbonyl (C=O) groups is 1. The summed E-state index contributed by atoms with van der Waals surface area (Å²) in [4.78, 5) is 12.2. The van der Waals surface area contributed by atoms with E-state index in [1.165, 1.54) is 20.2 Å². The van der Waals surface area contributed by atoms with Gasteiger partial charge in [0.15, 0.2) is 0 Å². The van der Waals surface area contributed by atoms with Crippen molar-refractivity contribution in [3.63, 3.8) is 0 Å². The quantitative estimate of drug-likeness (QED) is 0.828. The van der Waals surface area contributed by atoms with Gasteiger partial charge in [0.25, 0.3) is 5.91 Å². The molecule has 0 bridgehead atoms. The Morgan fingerprint density at radius 1 is 1.41 bits per heavy atom. The summed E-state index contributed by atoms with van der Waals surface area (Å²) in [6, 6.07) is 2.30. The highest BCUT2D eigenvalue weighted by Crippen LogP contribution is 2.31. The number of rotatable bonds is 5. The van der Waals surface area contributed by atoms with Gasteiger partial charge in [-0.1, -0.05) is 0 Å². The first-order valence-electron chi connectivity index (χ1n) is 6.61. The molecule has 1 fully saturated rings. The van der Waals surface area contributed by atoms with Crippen LogP contribution in [0, 0.1) is 5.82 Å². The Balaban J connectivity index is 2.31. The van der Waals surface area contributed by atoms with E-state index in [1.54, 1.807) is 0 Å². The average molecular weight is 395 g/mol. The van der Waals surface area contributed by atoms with Crippen molar-refractivity contribution in [2.45, 2.75) is 25.4 Å². The van der Waals surface area contributed by atoms with Gasteiger partial charge in [-0.3, -0.25) is 4.79 Å². The molecule has 1 aliphatic carbocycles. The second kappa shape index (κ2) is 6.51. The molecule has 0 spiro atoms. The number of benzene rings is 1. The third kappa shape index (κ3) is 3.76. The fraction of sp³-hybridized carbons (Fsp3) is 0.462. The number of nitrogens with zero attached hydrogens (tertiary/aromatic N) is 1. The van der Waals surface area contributed by atoms with E-state index < -0.39 is 21.9 Å². The average Bonchev–Trinajstić information content (AvgIpc) is 2.36. The molecule has 0 unspecified atom stereocenters.